The monoisotopic (exact) mass is 359 g/mol. The summed E-state index contributed by atoms with van der Waals surface area (Å²) >= 11 is 0. The highest BCUT2D eigenvalue weighted by molar-refractivity contribution is 6.03. The molecule has 0 spiro atoms. The largest absolute Gasteiger partial charge is 0.493 e. The molecule has 1 N–H and O–H groups in total. The van der Waals surface area contributed by atoms with Crippen molar-refractivity contribution in [1.82, 2.24) is 4.98 Å². The number of benzene rings is 1. The molecular formula is C19H25N3O4. The van der Waals surface area contributed by atoms with Crippen molar-refractivity contribution in [1.29, 1.82) is 0 Å². The molecule has 7 heteroatoms. The van der Waals surface area contributed by atoms with Crippen molar-refractivity contribution in [2.45, 2.75) is 13.8 Å². The van der Waals surface area contributed by atoms with E-state index in [1.165, 1.54) is 21.3 Å². The van der Waals surface area contributed by atoms with Crippen LogP contribution in [0.15, 0.2) is 30.5 Å². The van der Waals surface area contributed by atoms with Gasteiger partial charge in [0.05, 0.1) is 33.2 Å². The van der Waals surface area contributed by atoms with Crippen LogP contribution in [0, 0.1) is 0 Å². The Hall–Kier alpha value is -2.96. The van der Waals surface area contributed by atoms with E-state index in [1.54, 1.807) is 24.4 Å². The maximum atomic E-state index is 12.5. The molecule has 0 radical (unpaired) electrons. The third-order valence-electron chi connectivity index (χ3n) is 4.03. The molecule has 1 heterocycles. The summed E-state index contributed by atoms with van der Waals surface area (Å²) in [5, 5.41) is 2.81. The Bertz CT molecular complexity index is 718. The predicted octanol–water partition coefficient (Wildman–Crippen LogP) is 3.21. The summed E-state index contributed by atoms with van der Waals surface area (Å²) in [5.41, 5.74) is 1.84. The lowest BCUT2D eigenvalue weighted by Gasteiger charge is -2.20. The van der Waals surface area contributed by atoms with Gasteiger partial charge in [0.2, 0.25) is 5.75 Å². The highest BCUT2D eigenvalue weighted by Crippen LogP contribution is 2.40. The molecule has 7 nitrogen and oxygen atoms in total. The van der Waals surface area contributed by atoms with Crippen molar-refractivity contribution in [3.8, 4) is 17.2 Å². The average molecular weight is 359 g/mol. The smallest absolute Gasteiger partial charge is 0.274 e. The van der Waals surface area contributed by atoms with Gasteiger partial charge in [-0.2, -0.15) is 0 Å². The minimum Gasteiger partial charge on any atom is -0.493 e. The van der Waals surface area contributed by atoms with Crippen LogP contribution < -0.4 is 24.4 Å². The zero-order valence-electron chi connectivity index (χ0n) is 15.8. The van der Waals surface area contributed by atoms with Crippen molar-refractivity contribution >= 4 is 17.3 Å². The lowest BCUT2D eigenvalue weighted by Crippen LogP contribution is -2.22. The minimum atomic E-state index is -0.314. The van der Waals surface area contributed by atoms with E-state index in [4.69, 9.17) is 14.2 Å². The Kier molecular flexibility index (Phi) is 6.66. The fraction of sp³-hybridized carbons (Fsp3) is 0.368. The Labute approximate surface area is 153 Å². The Morgan fingerprint density at radius 2 is 1.65 bits per heavy atom. The average Bonchev–Trinajstić information content (AvgIpc) is 2.68. The molecule has 1 aromatic carbocycles. The molecular weight excluding hydrogens is 334 g/mol. The highest BCUT2D eigenvalue weighted by Gasteiger charge is 2.16. The summed E-state index contributed by atoms with van der Waals surface area (Å²) in [6, 6.07) is 6.94. The Morgan fingerprint density at radius 3 is 2.08 bits per heavy atom. The number of anilines is 2. The van der Waals surface area contributed by atoms with Gasteiger partial charge in [-0.15, -0.1) is 0 Å². The van der Waals surface area contributed by atoms with Gasteiger partial charge in [-0.1, -0.05) is 0 Å². The normalized spacial score (nSPS) is 10.2. The number of nitrogens with zero attached hydrogens (tertiary/aromatic N) is 2. The number of hydrogen-bond acceptors (Lipinski definition) is 6. The van der Waals surface area contributed by atoms with E-state index in [-0.39, 0.29) is 5.91 Å². The van der Waals surface area contributed by atoms with Crippen LogP contribution in [0.2, 0.25) is 0 Å². The van der Waals surface area contributed by atoms with Crippen molar-refractivity contribution in [3.63, 3.8) is 0 Å². The van der Waals surface area contributed by atoms with Gasteiger partial charge < -0.3 is 24.4 Å². The molecule has 0 unspecified atom stereocenters. The van der Waals surface area contributed by atoms with Crippen LogP contribution in [-0.4, -0.2) is 45.3 Å². The summed E-state index contributed by atoms with van der Waals surface area (Å²) in [6.07, 6.45) is 1.71. The molecule has 0 aliphatic heterocycles. The molecule has 1 aromatic heterocycles. The molecule has 140 valence electrons. The first kappa shape index (κ1) is 19.4. The maximum absolute atomic E-state index is 12.5. The number of pyridine rings is 1. The van der Waals surface area contributed by atoms with Crippen LogP contribution in [0.5, 0.6) is 17.2 Å². The molecule has 0 aliphatic carbocycles. The van der Waals surface area contributed by atoms with E-state index >= 15 is 0 Å². The van der Waals surface area contributed by atoms with Gasteiger partial charge in [-0.25, -0.2) is 4.98 Å². The summed E-state index contributed by atoms with van der Waals surface area (Å²) in [5.74, 6) is 1.08. The summed E-state index contributed by atoms with van der Waals surface area (Å²) in [6.45, 7) is 5.92. The zero-order chi connectivity index (χ0) is 19.1. The first-order valence-corrected chi connectivity index (χ1v) is 8.40. The molecule has 26 heavy (non-hydrogen) atoms. The number of rotatable bonds is 8. The van der Waals surface area contributed by atoms with Crippen LogP contribution in [0.3, 0.4) is 0 Å². The number of carbonyl (C=O) groups excluding carboxylic acids is 1. The third-order valence-corrected chi connectivity index (χ3v) is 4.03. The fourth-order valence-electron chi connectivity index (χ4n) is 2.64. The van der Waals surface area contributed by atoms with Gasteiger partial charge in [0.25, 0.3) is 5.91 Å². The molecule has 0 saturated carbocycles. The van der Waals surface area contributed by atoms with Crippen LogP contribution in [-0.2, 0) is 0 Å². The van der Waals surface area contributed by atoms with Crippen molar-refractivity contribution in [3.05, 3.63) is 36.2 Å². The van der Waals surface area contributed by atoms with Crippen molar-refractivity contribution in [2.24, 2.45) is 0 Å². The summed E-state index contributed by atoms with van der Waals surface area (Å²) < 4.78 is 15.9. The molecule has 0 fully saturated rings. The summed E-state index contributed by atoms with van der Waals surface area (Å²) in [4.78, 5) is 18.9. The predicted molar refractivity (Wildman–Crippen MR) is 102 cm³/mol. The standard InChI is InChI=1S/C19H25N3O4/c1-6-22(7-2)14-8-9-15(20-12-14)19(23)21-13-10-16(24-3)18(26-5)17(11-13)25-4/h8-12H,6-7H2,1-5H3,(H,21,23). The lowest BCUT2D eigenvalue weighted by atomic mass is 10.2. The van der Waals surface area contributed by atoms with Gasteiger partial charge in [0.1, 0.15) is 5.69 Å². The van der Waals surface area contributed by atoms with Crippen LogP contribution in [0.1, 0.15) is 24.3 Å². The number of hydrogen-bond donors (Lipinski definition) is 1. The highest BCUT2D eigenvalue weighted by atomic mass is 16.5. The number of amides is 1. The van der Waals surface area contributed by atoms with E-state index in [0.29, 0.717) is 28.6 Å². The van der Waals surface area contributed by atoms with E-state index in [2.05, 4.69) is 29.0 Å². The van der Waals surface area contributed by atoms with E-state index < -0.39 is 0 Å². The number of ether oxygens (including phenoxy) is 3. The number of methoxy groups -OCH3 is 3. The fourth-order valence-corrected chi connectivity index (χ4v) is 2.64. The van der Waals surface area contributed by atoms with Gasteiger partial charge in [-0.05, 0) is 26.0 Å². The molecule has 0 atom stereocenters. The second-order valence-corrected chi connectivity index (χ2v) is 5.44. The van der Waals surface area contributed by atoms with E-state index in [1.807, 2.05) is 6.07 Å². The molecule has 0 saturated heterocycles. The van der Waals surface area contributed by atoms with Crippen molar-refractivity contribution < 1.29 is 19.0 Å². The Morgan fingerprint density at radius 1 is 1.04 bits per heavy atom. The first-order valence-electron chi connectivity index (χ1n) is 8.40. The number of aromatic nitrogens is 1. The zero-order valence-corrected chi connectivity index (χ0v) is 15.8. The van der Waals surface area contributed by atoms with Gasteiger partial charge >= 0.3 is 0 Å². The topological polar surface area (TPSA) is 72.9 Å². The van der Waals surface area contributed by atoms with E-state index in [9.17, 15) is 4.79 Å². The second-order valence-electron chi connectivity index (χ2n) is 5.44. The number of nitrogens with one attached hydrogen (secondary N) is 1. The molecule has 2 rings (SSSR count). The van der Waals surface area contributed by atoms with Gasteiger partial charge in [0, 0.05) is 30.9 Å². The van der Waals surface area contributed by atoms with Crippen LogP contribution in [0.25, 0.3) is 0 Å². The minimum absolute atomic E-state index is 0.314. The summed E-state index contributed by atoms with van der Waals surface area (Å²) in [7, 11) is 4.58. The van der Waals surface area contributed by atoms with Crippen molar-refractivity contribution in [2.75, 3.05) is 44.6 Å². The molecule has 1 amide bonds. The third kappa shape index (κ3) is 4.17. The lowest BCUT2D eigenvalue weighted by molar-refractivity contribution is 0.102. The quantitative estimate of drug-likeness (QED) is 0.780. The molecule has 0 bridgehead atoms. The van der Waals surface area contributed by atoms with Gasteiger partial charge in [-0.3, -0.25) is 4.79 Å². The first-order chi connectivity index (χ1) is 12.6. The van der Waals surface area contributed by atoms with Crippen LogP contribution in [0.4, 0.5) is 11.4 Å². The Balaban J connectivity index is 2.21. The van der Waals surface area contributed by atoms with E-state index in [0.717, 1.165) is 18.8 Å². The SMILES string of the molecule is CCN(CC)c1ccc(C(=O)Nc2cc(OC)c(OC)c(OC)c2)nc1. The molecule has 2 aromatic rings. The van der Waals surface area contributed by atoms with Crippen LogP contribution >= 0.6 is 0 Å². The van der Waals surface area contributed by atoms with Gasteiger partial charge in [0.15, 0.2) is 11.5 Å². The second kappa shape index (κ2) is 8.94. The maximum Gasteiger partial charge on any atom is 0.274 e. The number of carbonyl (C=O) groups is 1. The molecule has 0 aliphatic rings.